The van der Waals surface area contributed by atoms with E-state index >= 15 is 8.78 Å². The molecule has 5 rings (SSSR count). The summed E-state index contributed by atoms with van der Waals surface area (Å²) in [7, 11) is 0. The zero-order chi connectivity index (χ0) is 23.4. The number of pyridine rings is 1. The molecule has 33 heavy (non-hydrogen) atoms. The smallest absolute Gasteiger partial charge is 0.302 e. The van der Waals surface area contributed by atoms with Gasteiger partial charge in [-0.15, -0.1) is 11.8 Å². The monoisotopic (exact) mass is 473 g/mol. The first-order valence-corrected chi connectivity index (χ1v) is 11.1. The standard InChI is InChI=1S/C25H16F5NOS/c26-24(27,19-10-4-6-15-5-1-2-9-18(15)19)20-14-21(32)31-11-12-33-23(31)22(20)16-7-3-8-17(13-16)25(28,29)30/h1-10,13-14H,11-12H2. The van der Waals surface area contributed by atoms with Gasteiger partial charge in [0, 0.05) is 35.1 Å². The number of rotatable bonds is 3. The molecular formula is C25H16F5NOS. The number of nitrogens with zero attached hydrogens (tertiary/aromatic N) is 1. The number of thioether (sulfide) groups is 1. The van der Waals surface area contributed by atoms with Crippen LogP contribution in [0.15, 0.2) is 82.6 Å². The largest absolute Gasteiger partial charge is 0.416 e. The van der Waals surface area contributed by atoms with E-state index < -0.39 is 28.8 Å². The maximum Gasteiger partial charge on any atom is 0.416 e. The highest BCUT2D eigenvalue weighted by Crippen LogP contribution is 2.47. The van der Waals surface area contributed by atoms with Crippen molar-refractivity contribution in [2.75, 3.05) is 5.75 Å². The lowest BCUT2D eigenvalue weighted by Gasteiger charge is -2.24. The number of aromatic nitrogens is 1. The topological polar surface area (TPSA) is 22.0 Å². The van der Waals surface area contributed by atoms with Crippen LogP contribution in [-0.4, -0.2) is 10.3 Å². The molecule has 1 aromatic heterocycles. The molecule has 0 radical (unpaired) electrons. The summed E-state index contributed by atoms with van der Waals surface area (Å²) >= 11 is 1.19. The van der Waals surface area contributed by atoms with Crippen molar-refractivity contribution in [1.29, 1.82) is 0 Å². The maximum atomic E-state index is 16.2. The number of halogens is 5. The van der Waals surface area contributed by atoms with Crippen molar-refractivity contribution in [2.24, 2.45) is 0 Å². The van der Waals surface area contributed by atoms with E-state index in [-0.39, 0.29) is 21.7 Å². The summed E-state index contributed by atoms with van der Waals surface area (Å²) in [6, 6.07) is 16.3. The van der Waals surface area contributed by atoms with E-state index in [1.807, 2.05) is 0 Å². The molecule has 1 aliphatic rings. The second kappa shape index (κ2) is 7.73. The zero-order valence-corrected chi connectivity index (χ0v) is 17.8. The predicted octanol–water partition coefficient (Wildman–Crippen LogP) is 6.93. The lowest BCUT2D eigenvalue weighted by atomic mass is 9.90. The van der Waals surface area contributed by atoms with E-state index in [4.69, 9.17) is 0 Å². The third-order valence-electron chi connectivity index (χ3n) is 5.76. The highest BCUT2D eigenvalue weighted by molar-refractivity contribution is 7.99. The van der Waals surface area contributed by atoms with Gasteiger partial charge in [-0.3, -0.25) is 4.79 Å². The predicted molar refractivity (Wildman–Crippen MR) is 119 cm³/mol. The van der Waals surface area contributed by atoms with Gasteiger partial charge < -0.3 is 4.57 Å². The van der Waals surface area contributed by atoms with Gasteiger partial charge in [-0.25, -0.2) is 0 Å². The van der Waals surface area contributed by atoms with Crippen LogP contribution in [0.5, 0.6) is 0 Å². The Hall–Kier alpha value is -3.13. The molecule has 168 valence electrons. The van der Waals surface area contributed by atoms with Gasteiger partial charge in [-0.2, -0.15) is 22.0 Å². The SMILES string of the molecule is O=c1cc(C(F)(F)c2cccc3ccccc23)c(-c2cccc(C(F)(F)F)c2)c2n1CCS2. The molecule has 0 fully saturated rings. The Labute approximate surface area is 189 Å². The van der Waals surface area contributed by atoms with Crippen molar-refractivity contribution < 1.29 is 22.0 Å². The molecule has 0 bridgehead atoms. The van der Waals surface area contributed by atoms with Gasteiger partial charge in [0.05, 0.1) is 10.6 Å². The Morgan fingerprint density at radius 1 is 0.818 bits per heavy atom. The second-order valence-corrected chi connectivity index (χ2v) is 8.84. The second-order valence-electron chi connectivity index (χ2n) is 7.76. The average molecular weight is 473 g/mol. The summed E-state index contributed by atoms with van der Waals surface area (Å²) in [6.07, 6.45) is -4.63. The van der Waals surface area contributed by atoms with Gasteiger partial charge in [0.1, 0.15) is 0 Å². The first kappa shape index (κ1) is 21.7. The molecule has 0 atom stereocenters. The lowest BCUT2D eigenvalue weighted by molar-refractivity contribution is -0.137. The van der Waals surface area contributed by atoms with Crippen LogP contribution in [-0.2, 0) is 18.6 Å². The first-order chi connectivity index (χ1) is 15.7. The van der Waals surface area contributed by atoms with Crippen molar-refractivity contribution in [2.45, 2.75) is 23.7 Å². The fraction of sp³-hybridized carbons (Fsp3) is 0.160. The van der Waals surface area contributed by atoms with Crippen LogP contribution in [0.25, 0.3) is 21.9 Å². The summed E-state index contributed by atoms with van der Waals surface area (Å²) in [5, 5.41) is 1.17. The van der Waals surface area contributed by atoms with E-state index in [1.165, 1.54) is 40.6 Å². The molecule has 0 saturated heterocycles. The van der Waals surface area contributed by atoms with Gasteiger partial charge in [0.15, 0.2) is 0 Å². The number of alkyl halides is 5. The molecule has 4 aromatic rings. The number of hydrogen-bond acceptors (Lipinski definition) is 2. The molecule has 3 aromatic carbocycles. The van der Waals surface area contributed by atoms with Crippen LogP contribution in [0.4, 0.5) is 22.0 Å². The number of hydrogen-bond donors (Lipinski definition) is 0. The van der Waals surface area contributed by atoms with E-state index in [0.717, 1.165) is 18.2 Å². The van der Waals surface area contributed by atoms with Crippen LogP contribution in [0.3, 0.4) is 0 Å². The molecule has 0 aliphatic carbocycles. The summed E-state index contributed by atoms with van der Waals surface area (Å²) < 4.78 is 73.8. The molecule has 0 spiro atoms. The van der Waals surface area contributed by atoms with E-state index in [2.05, 4.69) is 0 Å². The van der Waals surface area contributed by atoms with E-state index in [0.29, 0.717) is 23.1 Å². The fourth-order valence-electron chi connectivity index (χ4n) is 4.24. The fourth-order valence-corrected chi connectivity index (χ4v) is 5.42. The van der Waals surface area contributed by atoms with Gasteiger partial charge in [-0.1, -0.05) is 54.6 Å². The van der Waals surface area contributed by atoms with Crippen LogP contribution < -0.4 is 5.56 Å². The molecule has 8 heteroatoms. The van der Waals surface area contributed by atoms with E-state index in [1.54, 1.807) is 30.3 Å². The quantitative estimate of drug-likeness (QED) is 0.301. The minimum Gasteiger partial charge on any atom is -0.302 e. The van der Waals surface area contributed by atoms with Gasteiger partial charge in [0.25, 0.3) is 11.5 Å². The third-order valence-corrected chi connectivity index (χ3v) is 6.85. The molecule has 2 nitrogen and oxygen atoms in total. The van der Waals surface area contributed by atoms with Crippen LogP contribution in [0.1, 0.15) is 16.7 Å². The number of fused-ring (bicyclic) bond motifs is 2. The van der Waals surface area contributed by atoms with E-state index in [9.17, 15) is 18.0 Å². The molecule has 0 amide bonds. The van der Waals surface area contributed by atoms with Crippen molar-refractivity contribution in [3.8, 4) is 11.1 Å². The van der Waals surface area contributed by atoms with Crippen molar-refractivity contribution in [3.63, 3.8) is 0 Å². The third kappa shape index (κ3) is 3.62. The minimum absolute atomic E-state index is 0.00196. The van der Waals surface area contributed by atoms with Crippen molar-refractivity contribution >= 4 is 22.5 Å². The zero-order valence-electron chi connectivity index (χ0n) is 17.0. The van der Waals surface area contributed by atoms with Crippen molar-refractivity contribution in [3.05, 3.63) is 99.8 Å². The Kier molecular flexibility index (Phi) is 5.08. The Morgan fingerprint density at radius 2 is 1.55 bits per heavy atom. The molecule has 0 N–H and O–H groups in total. The maximum absolute atomic E-state index is 16.2. The Morgan fingerprint density at radius 3 is 2.33 bits per heavy atom. The summed E-state index contributed by atoms with van der Waals surface area (Å²) in [6.45, 7) is 0.310. The molecule has 0 saturated carbocycles. The highest BCUT2D eigenvalue weighted by atomic mass is 32.2. The van der Waals surface area contributed by atoms with Gasteiger partial charge in [0.2, 0.25) is 0 Å². The van der Waals surface area contributed by atoms with Gasteiger partial charge >= 0.3 is 6.18 Å². The highest BCUT2D eigenvalue weighted by Gasteiger charge is 2.41. The summed E-state index contributed by atoms with van der Waals surface area (Å²) in [5.74, 6) is -3.15. The molecule has 1 aliphatic heterocycles. The average Bonchev–Trinajstić information content (AvgIpc) is 3.28. The summed E-state index contributed by atoms with van der Waals surface area (Å²) in [5.41, 5.74) is -2.47. The first-order valence-electron chi connectivity index (χ1n) is 10.1. The Balaban J connectivity index is 1.82. The minimum atomic E-state index is -4.63. The Bertz CT molecular complexity index is 1440. The van der Waals surface area contributed by atoms with Crippen LogP contribution >= 0.6 is 11.8 Å². The number of benzene rings is 3. The normalized spacial score (nSPS) is 14.0. The molecular weight excluding hydrogens is 457 g/mol. The van der Waals surface area contributed by atoms with Crippen LogP contribution in [0, 0.1) is 0 Å². The molecule has 2 heterocycles. The summed E-state index contributed by atoms with van der Waals surface area (Å²) in [4.78, 5) is 12.7. The lowest BCUT2D eigenvalue weighted by Crippen LogP contribution is -2.26. The van der Waals surface area contributed by atoms with Crippen molar-refractivity contribution in [1.82, 2.24) is 4.57 Å². The molecule has 0 unspecified atom stereocenters. The van der Waals surface area contributed by atoms with Crippen LogP contribution in [0.2, 0.25) is 0 Å². The van der Waals surface area contributed by atoms with Gasteiger partial charge in [-0.05, 0) is 28.5 Å².